The molecular formula is C19H21NO4. The van der Waals surface area contributed by atoms with Gasteiger partial charge in [-0.05, 0) is 35.4 Å². The number of carbonyl (C=O) groups is 2. The molecule has 3 N–H and O–H groups in total. The molecule has 0 saturated carbocycles. The molecule has 0 spiro atoms. The molecule has 0 atom stereocenters. The zero-order chi connectivity index (χ0) is 17.7. The summed E-state index contributed by atoms with van der Waals surface area (Å²) >= 11 is 0. The van der Waals surface area contributed by atoms with E-state index in [4.69, 9.17) is 15.6 Å². The molecule has 0 unspecified atom stereocenters. The van der Waals surface area contributed by atoms with Crippen LogP contribution in [0.2, 0.25) is 0 Å². The molecule has 2 rings (SSSR count). The van der Waals surface area contributed by atoms with E-state index in [0.717, 1.165) is 11.1 Å². The SMILES string of the molecule is CC(C)(CN)COC(=O)c1ccc(-c2ccc(C(=O)O)cc2)cc1. The number of carboxylic acid groups (broad SMARTS) is 1. The quantitative estimate of drug-likeness (QED) is 0.795. The highest BCUT2D eigenvalue weighted by atomic mass is 16.5. The molecule has 5 heteroatoms. The number of carbonyl (C=O) groups excluding carboxylic acids is 1. The summed E-state index contributed by atoms with van der Waals surface area (Å²) < 4.78 is 5.29. The summed E-state index contributed by atoms with van der Waals surface area (Å²) in [6.07, 6.45) is 0. The van der Waals surface area contributed by atoms with Crippen molar-refractivity contribution in [2.75, 3.05) is 13.2 Å². The van der Waals surface area contributed by atoms with Gasteiger partial charge in [0.1, 0.15) is 0 Å². The monoisotopic (exact) mass is 327 g/mol. The fraction of sp³-hybridized carbons (Fsp3) is 0.263. The average molecular weight is 327 g/mol. The first-order chi connectivity index (χ1) is 11.3. The number of nitrogens with two attached hydrogens (primary N) is 1. The molecule has 5 nitrogen and oxygen atoms in total. The number of hydrogen-bond donors (Lipinski definition) is 2. The normalized spacial score (nSPS) is 11.1. The lowest BCUT2D eigenvalue weighted by atomic mass is 9.95. The van der Waals surface area contributed by atoms with Crippen LogP contribution in [0.4, 0.5) is 0 Å². The van der Waals surface area contributed by atoms with E-state index in [1.165, 1.54) is 0 Å². The van der Waals surface area contributed by atoms with E-state index < -0.39 is 5.97 Å². The second-order valence-corrected chi connectivity index (χ2v) is 6.40. The summed E-state index contributed by atoms with van der Waals surface area (Å²) in [7, 11) is 0. The van der Waals surface area contributed by atoms with Crippen molar-refractivity contribution in [3.63, 3.8) is 0 Å². The van der Waals surface area contributed by atoms with Crippen LogP contribution in [0, 0.1) is 5.41 Å². The minimum absolute atomic E-state index is 0.237. The number of ether oxygens (including phenoxy) is 1. The average Bonchev–Trinajstić information content (AvgIpc) is 2.60. The van der Waals surface area contributed by atoms with Gasteiger partial charge in [-0.3, -0.25) is 0 Å². The molecule has 0 bridgehead atoms. The maximum Gasteiger partial charge on any atom is 0.338 e. The second kappa shape index (κ2) is 7.27. The Morgan fingerprint density at radius 3 is 1.83 bits per heavy atom. The van der Waals surface area contributed by atoms with E-state index in [1.54, 1.807) is 48.5 Å². The smallest absolute Gasteiger partial charge is 0.338 e. The van der Waals surface area contributed by atoms with Crippen molar-refractivity contribution in [3.8, 4) is 11.1 Å². The highest BCUT2D eigenvalue weighted by molar-refractivity contribution is 5.90. The number of rotatable bonds is 6. The van der Waals surface area contributed by atoms with E-state index >= 15 is 0 Å². The van der Waals surface area contributed by atoms with Crippen molar-refractivity contribution in [3.05, 3.63) is 59.7 Å². The molecule has 0 saturated heterocycles. The van der Waals surface area contributed by atoms with Crippen molar-refractivity contribution in [2.24, 2.45) is 11.1 Å². The Kier molecular flexibility index (Phi) is 5.36. The molecule has 0 fully saturated rings. The predicted molar refractivity (Wildman–Crippen MR) is 92.0 cm³/mol. The molecule has 0 aliphatic carbocycles. The summed E-state index contributed by atoms with van der Waals surface area (Å²) in [6, 6.07) is 13.6. The Labute approximate surface area is 141 Å². The molecular weight excluding hydrogens is 306 g/mol. The Morgan fingerprint density at radius 1 is 0.958 bits per heavy atom. The van der Waals surface area contributed by atoms with Gasteiger partial charge in [0.05, 0.1) is 17.7 Å². The number of esters is 1. The van der Waals surface area contributed by atoms with Crippen LogP contribution in [-0.2, 0) is 4.74 Å². The van der Waals surface area contributed by atoms with Crippen LogP contribution in [0.25, 0.3) is 11.1 Å². The Bertz CT molecular complexity index is 718. The standard InChI is InChI=1S/C19H21NO4/c1-19(2,11-20)12-24-18(23)16-9-5-14(6-10-16)13-3-7-15(8-4-13)17(21)22/h3-10H,11-12,20H2,1-2H3,(H,21,22). The lowest BCUT2D eigenvalue weighted by Crippen LogP contribution is -2.30. The summed E-state index contributed by atoms with van der Waals surface area (Å²) in [5.41, 5.74) is 7.85. The van der Waals surface area contributed by atoms with Gasteiger partial charge in [0.25, 0.3) is 0 Å². The van der Waals surface area contributed by atoms with E-state index in [-0.39, 0.29) is 23.6 Å². The molecule has 24 heavy (non-hydrogen) atoms. The van der Waals surface area contributed by atoms with Gasteiger partial charge in [0.15, 0.2) is 0 Å². The number of carboxylic acids is 1. The maximum absolute atomic E-state index is 12.0. The van der Waals surface area contributed by atoms with Gasteiger partial charge in [-0.2, -0.15) is 0 Å². The van der Waals surface area contributed by atoms with Gasteiger partial charge in [-0.1, -0.05) is 38.1 Å². The van der Waals surface area contributed by atoms with Crippen LogP contribution in [0.5, 0.6) is 0 Å². The molecule has 126 valence electrons. The highest BCUT2D eigenvalue weighted by Crippen LogP contribution is 2.21. The largest absolute Gasteiger partial charge is 0.478 e. The lowest BCUT2D eigenvalue weighted by molar-refractivity contribution is 0.0354. The topological polar surface area (TPSA) is 89.6 Å². The fourth-order valence-electron chi connectivity index (χ4n) is 2.01. The number of hydrogen-bond acceptors (Lipinski definition) is 4. The molecule has 0 aromatic heterocycles. The maximum atomic E-state index is 12.0. The molecule has 0 aliphatic heterocycles. The van der Waals surface area contributed by atoms with Gasteiger partial charge in [0.2, 0.25) is 0 Å². The van der Waals surface area contributed by atoms with Crippen molar-refractivity contribution in [2.45, 2.75) is 13.8 Å². The van der Waals surface area contributed by atoms with Crippen LogP contribution in [0.3, 0.4) is 0 Å². The first-order valence-electron chi connectivity index (χ1n) is 7.63. The van der Waals surface area contributed by atoms with Crippen molar-refractivity contribution >= 4 is 11.9 Å². The summed E-state index contributed by atoms with van der Waals surface area (Å²) in [6.45, 7) is 4.57. The zero-order valence-electron chi connectivity index (χ0n) is 13.8. The third kappa shape index (κ3) is 4.43. The highest BCUT2D eigenvalue weighted by Gasteiger charge is 2.19. The number of benzene rings is 2. The molecule has 0 radical (unpaired) electrons. The Morgan fingerprint density at radius 2 is 1.42 bits per heavy atom. The van der Waals surface area contributed by atoms with Crippen LogP contribution in [0.15, 0.2) is 48.5 Å². The summed E-state index contributed by atoms with van der Waals surface area (Å²) in [5.74, 6) is -1.34. The van der Waals surface area contributed by atoms with Crippen molar-refractivity contribution in [1.29, 1.82) is 0 Å². The molecule has 0 aliphatic rings. The Hall–Kier alpha value is -2.66. The fourth-order valence-corrected chi connectivity index (χ4v) is 2.01. The summed E-state index contributed by atoms with van der Waals surface area (Å²) in [5, 5.41) is 8.91. The first kappa shape index (κ1) is 17.7. The minimum atomic E-state index is -0.958. The van der Waals surface area contributed by atoms with E-state index in [1.807, 2.05) is 13.8 Å². The number of aromatic carboxylic acids is 1. The van der Waals surface area contributed by atoms with Crippen molar-refractivity contribution < 1.29 is 19.4 Å². The van der Waals surface area contributed by atoms with Crippen LogP contribution < -0.4 is 5.73 Å². The molecule has 0 amide bonds. The van der Waals surface area contributed by atoms with Gasteiger partial charge in [-0.15, -0.1) is 0 Å². The molecule has 0 heterocycles. The van der Waals surface area contributed by atoms with Gasteiger partial charge in [-0.25, -0.2) is 9.59 Å². The van der Waals surface area contributed by atoms with Crippen LogP contribution >= 0.6 is 0 Å². The van der Waals surface area contributed by atoms with Crippen LogP contribution in [0.1, 0.15) is 34.6 Å². The van der Waals surface area contributed by atoms with E-state index in [9.17, 15) is 9.59 Å². The van der Waals surface area contributed by atoms with Crippen LogP contribution in [-0.4, -0.2) is 30.2 Å². The van der Waals surface area contributed by atoms with E-state index in [0.29, 0.717) is 12.1 Å². The third-order valence-corrected chi connectivity index (χ3v) is 3.73. The molecule has 2 aromatic carbocycles. The van der Waals surface area contributed by atoms with Gasteiger partial charge in [0, 0.05) is 12.0 Å². The van der Waals surface area contributed by atoms with Gasteiger partial charge < -0.3 is 15.6 Å². The predicted octanol–water partition coefficient (Wildman–Crippen LogP) is 3.19. The van der Waals surface area contributed by atoms with Gasteiger partial charge >= 0.3 is 11.9 Å². The minimum Gasteiger partial charge on any atom is -0.478 e. The first-order valence-corrected chi connectivity index (χ1v) is 7.63. The lowest BCUT2D eigenvalue weighted by Gasteiger charge is -2.21. The van der Waals surface area contributed by atoms with E-state index in [2.05, 4.69) is 0 Å². The molecule has 2 aromatic rings. The third-order valence-electron chi connectivity index (χ3n) is 3.73. The zero-order valence-corrected chi connectivity index (χ0v) is 13.8. The summed E-state index contributed by atoms with van der Waals surface area (Å²) in [4.78, 5) is 22.9. The Balaban J connectivity index is 2.07. The second-order valence-electron chi connectivity index (χ2n) is 6.40. The van der Waals surface area contributed by atoms with Crippen molar-refractivity contribution in [1.82, 2.24) is 0 Å².